The van der Waals surface area contributed by atoms with Crippen LogP contribution < -0.4 is 20.7 Å². The molecule has 1 saturated carbocycles. The maximum atomic E-state index is 12.6. The molecule has 1 amide bonds. The first-order chi connectivity index (χ1) is 13.7. The summed E-state index contributed by atoms with van der Waals surface area (Å²) in [6.45, 7) is 1.71. The predicted molar refractivity (Wildman–Crippen MR) is 113 cm³/mol. The predicted octanol–water partition coefficient (Wildman–Crippen LogP) is 3.66. The number of rotatable bonds is 6. The zero-order valence-corrected chi connectivity index (χ0v) is 16.3. The highest BCUT2D eigenvalue weighted by molar-refractivity contribution is 5.82. The fraction of sp³-hybridized carbons (Fsp3) is 0.435. The number of carbonyl (C=O) groups is 1. The zero-order valence-electron chi connectivity index (χ0n) is 16.3. The number of nitrogen functional groups attached to an aromatic ring is 1. The van der Waals surface area contributed by atoms with E-state index in [2.05, 4.69) is 16.3 Å². The molecule has 0 unspecified atom stereocenters. The van der Waals surface area contributed by atoms with Gasteiger partial charge in [0.25, 0.3) is 0 Å². The summed E-state index contributed by atoms with van der Waals surface area (Å²) in [7, 11) is 0. The van der Waals surface area contributed by atoms with Crippen molar-refractivity contribution in [2.75, 3.05) is 23.7 Å². The number of nitrogens with zero attached hydrogens (tertiary/aromatic N) is 1. The number of nitrogens with two attached hydrogens (primary N) is 1. The molecule has 2 aromatic carbocycles. The second kappa shape index (κ2) is 8.55. The molecule has 0 atom stereocenters. The van der Waals surface area contributed by atoms with Gasteiger partial charge >= 0.3 is 0 Å². The van der Waals surface area contributed by atoms with E-state index < -0.39 is 0 Å². The highest BCUT2D eigenvalue weighted by atomic mass is 16.5. The molecule has 5 heteroatoms. The van der Waals surface area contributed by atoms with Gasteiger partial charge in [-0.15, -0.1) is 0 Å². The topological polar surface area (TPSA) is 67.6 Å². The molecule has 0 spiro atoms. The number of para-hydroxylation sites is 1. The summed E-state index contributed by atoms with van der Waals surface area (Å²) in [5.74, 6) is 0.914. The molecule has 0 bridgehead atoms. The SMILES string of the molecule is Nc1cccc2c1CCCN2CC(=O)NCc1ccccc1OC1CCCC1. The summed E-state index contributed by atoms with van der Waals surface area (Å²) in [5.41, 5.74) is 10.2. The fourth-order valence-electron chi connectivity index (χ4n) is 4.27. The van der Waals surface area contributed by atoms with Crippen molar-refractivity contribution in [1.29, 1.82) is 0 Å². The van der Waals surface area contributed by atoms with Crippen molar-refractivity contribution in [3.8, 4) is 5.75 Å². The van der Waals surface area contributed by atoms with E-state index in [4.69, 9.17) is 10.5 Å². The van der Waals surface area contributed by atoms with Crippen LogP contribution in [-0.2, 0) is 17.8 Å². The van der Waals surface area contributed by atoms with Gasteiger partial charge in [-0.3, -0.25) is 4.79 Å². The van der Waals surface area contributed by atoms with Crippen LogP contribution >= 0.6 is 0 Å². The number of hydrogen-bond donors (Lipinski definition) is 2. The van der Waals surface area contributed by atoms with Gasteiger partial charge in [0, 0.05) is 30.0 Å². The molecule has 1 aliphatic carbocycles. The van der Waals surface area contributed by atoms with E-state index in [0.29, 0.717) is 19.2 Å². The van der Waals surface area contributed by atoms with Gasteiger partial charge in [-0.2, -0.15) is 0 Å². The lowest BCUT2D eigenvalue weighted by Crippen LogP contribution is -2.39. The second-order valence-electron chi connectivity index (χ2n) is 7.78. The summed E-state index contributed by atoms with van der Waals surface area (Å²) in [5, 5.41) is 3.07. The van der Waals surface area contributed by atoms with Gasteiger partial charge < -0.3 is 20.7 Å². The van der Waals surface area contributed by atoms with Crippen molar-refractivity contribution in [1.82, 2.24) is 5.32 Å². The van der Waals surface area contributed by atoms with E-state index in [1.165, 1.54) is 12.8 Å². The van der Waals surface area contributed by atoms with Gasteiger partial charge in [-0.25, -0.2) is 0 Å². The Kier molecular flexibility index (Phi) is 5.70. The molecule has 5 nitrogen and oxygen atoms in total. The van der Waals surface area contributed by atoms with Crippen LogP contribution in [0.15, 0.2) is 42.5 Å². The number of carbonyl (C=O) groups excluding carboxylic acids is 1. The van der Waals surface area contributed by atoms with Gasteiger partial charge in [-0.05, 0) is 62.3 Å². The van der Waals surface area contributed by atoms with Crippen LogP contribution in [0.5, 0.6) is 5.75 Å². The smallest absolute Gasteiger partial charge is 0.239 e. The average molecular weight is 380 g/mol. The first kappa shape index (κ1) is 18.7. The largest absolute Gasteiger partial charge is 0.490 e. The molecular formula is C23H29N3O2. The third-order valence-electron chi connectivity index (χ3n) is 5.76. The lowest BCUT2D eigenvalue weighted by Gasteiger charge is -2.31. The summed E-state index contributed by atoms with van der Waals surface area (Å²) in [6, 6.07) is 14.0. The summed E-state index contributed by atoms with van der Waals surface area (Å²) < 4.78 is 6.17. The van der Waals surface area contributed by atoms with Gasteiger partial charge in [0.05, 0.1) is 12.6 Å². The molecular weight excluding hydrogens is 350 g/mol. The van der Waals surface area contributed by atoms with Crippen molar-refractivity contribution in [3.63, 3.8) is 0 Å². The van der Waals surface area contributed by atoms with Gasteiger partial charge in [0.2, 0.25) is 5.91 Å². The third kappa shape index (κ3) is 4.24. The number of amides is 1. The molecule has 4 rings (SSSR count). The Labute approximate surface area is 166 Å². The fourth-order valence-corrected chi connectivity index (χ4v) is 4.27. The van der Waals surface area contributed by atoms with Gasteiger partial charge in [-0.1, -0.05) is 24.3 Å². The first-order valence-electron chi connectivity index (χ1n) is 10.3. The van der Waals surface area contributed by atoms with Crippen LogP contribution in [0.2, 0.25) is 0 Å². The van der Waals surface area contributed by atoms with Crippen LogP contribution in [0.3, 0.4) is 0 Å². The highest BCUT2D eigenvalue weighted by Crippen LogP contribution is 2.31. The molecule has 28 heavy (non-hydrogen) atoms. The van der Waals surface area contributed by atoms with Gasteiger partial charge in [0.1, 0.15) is 5.75 Å². The molecule has 1 heterocycles. The molecule has 148 valence electrons. The van der Waals surface area contributed by atoms with E-state index in [1.807, 2.05) is 36.4 Å². The number of hydrogen-bond acceptors (Lipinski definition) is 4. The Morgan fingerprint density at radius 1 is 1.11 bits per heavy atom. The van der Waals surface area contributed by atoms with Crippen LogP contribution in [0.4, 0.5) is 11.4 Å². The van der Waals surface area contributed by atoms with E-state index in [1.54, 1.807) is 0 Å². The third-order valence-corrected chi connectivity index (χ3v) is 5.76. The average Bonchev–Trinajstić information content (AvgIpc) is 3.21. The second-order valence-corrected chi connectivity index (χ2v) is 7.78. The summed E-state index contributed by atoms with van der Waals surface area (Å²) in [6.07, 6.45) is 7.04. The molecule has 0 aromatic heterocycles. The summed E-state index contributed by atoms with van der Waals surface area (Å²) >= 11 is 0. The summed E-state index contributed by atoms with van der Waals surface area (Å²) in [4.78, 5) is 14.7. The Hall–Kier alpha value is -2.69. The van der Waals surface area contributed by atoms with Crippen molar-refractivity contribution in [3.05, 3.63) is 53.6 Å². The first-order valence-corrected chi connectivity index (χ1v) is 10.3. The molecule has 0 radical (unpaired) electrons. The van der Waals surface area contributed by atoms with Crippen molar-refractivity contribution < 1.29 is 9.53 Å². The maximum Gasteiger partial charge on any atom is 0.239 e. The van der Waals surface area contributed by atoms with Crippen molar-refractivity contribution in [2.24, 2.45) is 0 Å². The Morgan fingerprint density at radius 3 is 2.79 bits per heavy atom. The lowest BCUT2D eigenvalue weighted by molar-refractivity contribution is -0.119. The number of benzene rings is 2. The van der Waals surface area contributed by atoms with E-state index >= 15 is 0 Å². The normalized spacial score (nSPS) is 16.6. The van der Waals surface area contributed by atoms with Crippen LogP contribution in [-0.4, -0.2) is 25.1 Å². The number of ether oxygens (including phenoxy) is 1. The Balaban J connectivity index is 1.36. The standard InChI is InChI=1S/C23H29N3O2/c24-20-11-5-12-21-19(20)10-6-14-26(21)16-23(27)25-15-17-7-1-4-13-22(17)28-18-8-2-3-9-18/h1,4-5,7,11-13,18H,2-3,6,8-10,14-16,24H2,(H,25,27). The minimum atomic E-state index is 0.0194. The molecule has 1 fully saturated rings. The highest BCUT2D eigenvalue weighted by Gasteiger charge is 2.21. The lowest BCUT2D eigenvalue weighted by atomic mass is 10.00. The number of anilines is 2. The molecule has 1 aliphatic heterocycles. The molecule has 0 saturated heterocycles. The van der Waals surface area contributed by atoms with Crippen LogP contribution in [0, 0.1) is 0 Å². The quantitative estimate of drug-likeness (QED) is 0.752. The Bertz CT molecular complexity index is 830. The number of fused-ring (bicyclic) bond motifs is 1. The van der Waals surface area contributed by atoms with E-state index in [9.17, 15) is 4.79 Å². The van der Waals surface area contributed by atoms with Crippen molar-refractivity contribution in [2.45, 2.75) is 51.2 Å². The van der Waals surface area contributed by atoms with Crippen LogP contribution in [0.1, 0.15) is 43.2 Å². The number of nitrogens with one attached hydrogen (secondary N) is 1. The van der Waals surface area contributed by atoms with Crippen LogP contribution in [0.25, 0.3) is 0 Å². The molecule has 2 aromatic rings. The Morgan fingerprint density at radius 2 is 1.93 bits per heavy atom. The van der Waals surface area contributed by atoms with E-state index in [-0.39, 0.29) is 5.91 Å². The van der Waals surface area contributed by atoms with Crippen molar-refractivity contribution >= 4 is 17.3 Å². The molecule has 2 aliphatic rings. The maximum absolute atomic E-state index is 12.6. The minimum absolute atomic E-state index is 0.0194. The zero-order chi connectivity index (χ0) is 19.3. The monoisotopic (exact) mass is 379 g/mol. The van der Waals surface area contributed by atoms with Gasteiger partial charge in [0.15, 0.2) is 0 Å². The van der Waals surface area contributed by atoms with E-state index in [0.717, 1.165) is 60.5 Å². The molecule has 3 N–H and O–H groups in total. The minimum Gasteiger partial charge on any atom is -0.490 e.